The van der Waals surface area contributed by atoms with E-state index in [0.717, 1.165) is 23.7 Å². The molecule has 2 bridgehead atoms. The number of nitrogens with zero attached hydrogens (tertiary/aromatic N) is 1. The number of hydrogen-bond acceptors (Lipinski definition) is 3. The summed E-state index contributed by atoms with van der Waals surface area (Å²) in [5.74, 6) is 1.41. The topological polar surface area (TPSA) is 42.0 Å². The predicted octanol–water partition coefficient (Wildman–Crippen LogP) is 2.91. The molecule has 0 spiro atoms. The number of rotatable bonds is 2. The molecule has 17 heavy (non-hydrogen) atoms. The molecule has 3 unspecified atom stereocenters. The molecule has 1 N–H and O–H groups in total. The SMILES string of the molecule is Cc1nc(NC(=O)C2CC3C=CC2C3)sc1C. The molecule has 90 valence electrons. The summed E-state index contributed by atoms with van der Waals surface area (Å²) < 4.78 is 0. The van der Waals surface area contributed by atoms with E-state index in [-0.39, 0.29) is 11.8 Å². The summed E-state index contributed by atoms with van der Waals surface area (Å²) in [6.07, 6.45) is 6.63. The summed E-state index contributed by atoms with van der Waals surface area (Å²) in [7, 11) is 0. The number of amides is 1. The molecule has 2 aliphatic carbocycles. The Labute approximate surface area is 105 Å². The Hall–Kier alpha value is -1.16. The summed E-state index contributed by atoms with van der Waals surface area (Å²) >= 11 is 1.56. The first kappa shape index (κ1) is 11.0. The lowest BCUT2D eigenvalue weighted by molar-refractivity contribution is -0.120. The lowest BCUT2D eigenvalue weighted by atomic mass is 9.93. The largest absolute Gasteiger partial charge is 0.302 e. The van der Waals surface area contributed by atoms with Gasteiger partial charge in [-0.1, -0.05) is 12.2 Å². The number of nitrogens with one attached hydrogen (secondary N) is 1. The number of carbonyl (C=O) groups is 1. The summed E-state index contributed by atoms with van der Waals surface area (Å²) in [5, 5.41) is 3.71. The number of hydrogen-bond donors (Lipinski definition) is 1. The van der Waals surface area contributed by atoms with Gasteiger partial charge in [-0.15, -0.1) is 11.3 Å². The van der Waals surface area contributed by atoms with Gasteiger partial charge in [0.1, 0.15) is 0 Å². The molecule has 2 aliphatic rings. The minimum atomic E-state index is 0.149. The van der Waals surface area contributed by atoms with Crippen molar-refractivity contribution < 1.29 is 4.79 Å². The van der Waals surface area contributed by atoms with Gasteiger partial charge in [0.25, 0.3) is 0 Å². The van der Waals surface area contributed by atoms with Crippen molar-refractivity contribution in [1.82, 2.24) is 4.98 Å². The number of fused-ring (bicyclic) bond motifs is 2. The molecule has 1 amide bonds. The highest BCUT2D eigenvalue weighted by molar-refractivity contribution is 7.15. The quantitative estimate of drug-likeness (QED) is 0.818. The van der Waals surface area contributed by atoms with Crippen LogP contribution in [0.15, 0.2) is 12.2 Å². The molecule has 1 aromatic heterocycles. The summed E-state index contributed by atoms with van der Waals surface area (Å²) in [5.41, 5.74) is 1.01. The first-order chi connectivity index (χ1) is 8.13. The molecule has 1 fully saturated rings. The second-order valence-corrected chi connectivity index (χ2v) is 6.24. The molecule has 0 radical (unpaired) electrons. The zero-order chi connectivity index (χ0) is 12.0. The van der Waals surface area contributed by atoms with Gasteiger partial charge in [-0.05, 0) is 38.5 Å². The second-order valence-electron chi connectivity index (χ2n) is 5.04. The van der Waals surface area contributed by atoms with Crippen molar-refractivity contribution in [2.24, 2.45) is 17.8 Å². The van der Waals surface area contributed by atoms with E-state index in [4.69, 9.17) is 0 Å². The second kappa shape index (κ2) is 3.95. The van der Waals surface area contributed by atoms with E-state index in [0.29, 0.717) is 11.8 Å². The van der Waals surface area contributed by atoms with Crippen molar-refractivity contribution in [3.63, 3.8) is 0 Å². The average molecular weight is 248 g/mol. The van der Waals surface area contributed by atoms with Crippen molar-refractivity contribution in [3.05, 3.63) is 22.7 Å². The maximum Gasteiger partial charge on any atom is 0.229 e. The Kier molecular flexibility index (Phi) is 2.54. The third kappa shape index (κ3) is 1.90. The van der Waals surface area contributed by atoms with Crippen LogP contribution in [0.3, 0.4) is 0 Å². The van der Waals surface area contributed by atoms with Crippen molar-refractivity contribution in [2.75, 3.05) is 5.32 Å². The Morgan fingerprint density at radius 2 is 2.24 bits per heavy atom. The van der Waals surface area contributed by atoms with Crippen LogP contribution >= 0.6 is 11.3 Å². The zero-order valence-corrected chi connectivity index (χ0v) is 10.9. The predicted molar refractivity (Wildman–Crippen MR) is 69.1 cm³/mol. The Balaban J connectivity index is 1.70. The van der Waals surface area contributed by atoms with E-state index in [1.54, 1.807) is 11.3 Å². The highest BCUT2D eigenvalue weighted by Gasteiger charge is 2.39. The Morgan fingerprint density at radius 1 is 1.41 bits per heavy atom. The van der Waals surface area contributed by atoms with Crippen LogP contribution in [0.2, 0.25) is 0 Å². The fraction of sp³-hybridized carbons (Fsp3) is 0.538. The van der Waals surface area contributed by atoms with E-state index in [1.807, 2.05) is 13.8 Å². The molecule has 1 aromatic rings. The molecule has 3 rings (SSSR count). The van der Waals surface area contributed by atoms with Crippen LogP contribution in [0, 0.1) is 31.6 Å². The molecule has 0 aromatic carbocycles. The molecule has 4 heteroatoms. The van der Waals surface area contributed by atoms with Crippen molar-refractivity contribution >= 4 is 22.4 Å². The summed E-state index contributed by atoms with van der Waals surface area (Å²) in [4.78, 5) is 17.7. The lowest BCUT2D eigenvalue weighted by Gasteiger charge is -2.16. The third-order valence-electron chi connectivity index (χ3n) is 3.87. The lowest BCUT2D eigenvalue weighted by Crippen LogP contribution is -2.25. The maximum absolute atomic E-state index is 12.1. The van der Waals surface area contributed by atoms with E-state index in [9.17, 15) is 4.79 Å². The van der Waals surface area contributed by atoms with E-state index >= 15 is 0 Å². The molecule has 0 saturated heterocycles. The molecule has 0 aliphatic heterocycles. The molecule has 1 saturated carbocycles. The standard InChI is InChI=1S/C13H16N2OS/c1-7-8(2)17-13(14-7)15-12(16)11-6-9-3-4-10(11)5-9/h3-4,9-11H,5-6H2,1-2H3,(H,14,15,16). The van der Waals surface area contributed by atoms with Crippen molar-refractivity contribution in [3.8, 4) is 0 Å². The highest BCUT2D eigenvalue weighted by atomic mass is 32.1. The van der Waals surface area contributed by atoms with E-state index < -0.39 is 0 Å². The van der Waals surface area contributed by atoms with Crippen LogP contribution in [0.1, 0.15) is 23.4 Å². The normalized spacial score (nSPS) is 29.9. The first-order valence-corrected chi connectivity index (χ1v) is 6.88. The van der Waals surface area contributed by atoms with Gasteiger partial charge in [0.15, 0.2) is 5.13 Å². The summed E-state index contributed by atoms with van der Waals surface area (Å²) in [6.45, 7) is 4.00. The van der Waals surface area contributed by atoms with Crippen LogP contribution in [0.4, 0.5) is 5.13 Å². The zero-order valence-electron chi connectivity index (χ0n) is 10.1. The van der Waals surface area contributed by atoms with Gasteiger partial charge in [0, 0.05) is 10.8 Å². The Bertz CT molecular complexity index is 472. The molecule has 3 atom stereocenters. The first-order valence-electron chi connectivity index (χ1n) is 6.06. The number of thiazole rings is 1. The van der Waals surface area contributed by atoms with Gasteiger partial charge < -0.3 is 5.32 Å². The van der Waals surface area contributed by atoms with Crippen LogP contribution in [0.5, 0.6) is 0 Å². The Morgan fingerprint density at radius 3 is 2.76 bits per heavy atom. The fourth-order valence-corrected chi connectivity index (χ4v) is 3.62. The van der Waals surface area contributed by atoms with Crippen LogP contribution in [-0.2, 0) is 4.79 Å². The minimum absolute atomic E-state index is 0.149. The molecular weight excluding hydrogens is 232 g/mol. The van der Waals surface area contributed by atoms with Gasteiger partial charge in [-0.2, -0.15) is 0 Å². The maximum atomic E-state index is 12.1. The van der Waals surface area contributed by atoms with Gasteiger partial charge in [0.2, 0.25) is 5.91 Å². The minimum Gasteiger partial charge on any atom is -0.302 e. The third-order valence-corrected chi connectivity index (χ3v) is 4.86. The van der Waals surface area contributed by atoms with E-state index in [2.05, 4.69) is 22.5 Å². The number of aryl methyl sites for hydroxylation is 2. The van der Waals surface area contributed by atoms with Gasteiger partial charge >= 0.3 is 0 Å². The van der Waals surface area contributed by atoms with Crippen LogP contribution in [0.25, 0.3) is 0 Å². The number of aromatic nitrogens is 1. The molecule has 1 heterocycles. The number of carbonyl (C=O) groups excluding carboxylic acids is 1. The number of allylic oxidation sites excluding steroid dienone is 2. The highest BCUT2D eigenvalue weighted by Crippen LogP contribution is 2.43. The van der Waals surface area contributed by atoms with Gasteiger partial charge in [-0.25, -0.2) is 4.98 Å². The molecule has 3 nitrogen and oxygen atoms in total. The van der Waals surface area contributed by atoms with Crippen molar-refractivity contribution in [2.45, 2.75) is 26.7 Å². The van der Waals surface area contributed by atoms with Crippen LogP contribution < -0.4 is 5.32 Å². The van der Waals surface area contributed by atoms with E-state index in [1.165, 1.54) is 4.88 Å². The van der Waals surface area contributed by atoms with Crippen molar-refractivity contribution in [1.29, 1.82) is 0 Å². The fourth-order valence-electron chi connectivity index (χ4n) is 2.81. The number of anilines is 1. The summed E-state index contributed by atoms with van der Waals surface area (Å²) in [6, 6.07) is 0. The van der Waals surface area contributed by atoms with Gasteiger partial charge in [-0.3, -0.25) is 4.79 Å². The smallest absolute Gasteiger partial charge is 0.229 e. The van der Waals surface area contributed by atoms with Gasteiger partial charge in [0.05, 0.1) is 5.69 Å². The average Bonchev–Trinajstić information content (AvgIpc) is 2.95. The van der Waals surface area contributed by atoms with Crippen LogP contribution in [-0.4, -0.2) is 10.9 Å². The monoisotopic (exact) mass is 248 g/mol. The molecular formula is C13H16N2OS.